The Morgan fingerprint density at radius 1 is 1.08 bits per heavy atom. The normalized spacial score (nSPS) is 11.0. The van der Waals surface area contributed by atoms with Crippen LogP contribution in [0.25, 0.3) is 22.0 Å². The molecule has 0 bridgehead atoms. The molecule has 2 aromatic carbocycles. The Labute approximate surface area is 152 Å². The highest BCUT2D eigenvalue weighted by atomic mass is 16.3. The summed E-state index contributed by atoms with van der Waals surface area (Å²) in [6.07, 6.45) is 3.28. The van der Waals surface area contributed by atoms with Crippen molar-refractivity contribution in [1.82, 2.24) is 9.47 Å². The van der Waals surface area contributed by atoms with Gasteiger partial charge in [-0.15, -0.1) is 0 Å². The fourth-order valence-electron chi connectivity index (χ4n) is 3.36. The molecule has 1 amide bonds. The minimum absolute atomic E-state index is 0.00736. The van der Waals surface area contributed by atoms with Crippen LogP contribution in [0, 0.1) is 0 Å². The molecule has 0 atom stereocenters. The van der Waals surface area contributed by atoms with E-state index in [1.54, 1.807) is 17.4 Å². The Kier molecular flexibility index (Phi) is 4.09. The van der Waals surface area contributed by atoms with Crippen LogP contribution in [0.3, 0.4) is 0 Å². The number of carbonyl (C=O) groups is 1. The van der Waals surface area contributed by atoms with E-state index < -0.39 is 0 Å². The van der Waals surface area contributed by atoms with Gasteiger partial charge in [-0.25, -0.2) is 0 Å². The smallest absolute Gasteiger partial charge is 0.254 e. The Morgan fingerprint density at radius 3 is 2.62 bits per heavy atom. The zero-order valence-electron chi connectivity index (χ0n) is 14.8. The summed E-state index contributed by atoms with van der Waals surface area (Å²) in [5, 5.41) is 1.18. The maximum absolute atomic E-state index is 13.1. The lowest BCUT2D eigenvalue weighted by atomic mass is 10.0. The largest absolute Gasteiger partial charge is 0.472 e. The summed E-state index contributed by atoms with van der Waals surface area (Å²) >= 11 is 0. The molecular weight excluding hydrogens is 324 g/mol. The van der Waals surface area contributed by atoms with Gasteiger partial charge in [0.2, 0.25) is 0 Å². The van der Waals surface area contributed by atoms with Crippen LogP contribution in [-0.2, 0) is 13.6 Å². The van der Waals surface area contributed by atoms with Gasteiger partial charge < -0.3 is 13.9 Å². The number of para-hydroxylation sites is 1. The van der Waals surface area contributed by atoms with Gasteiger partial charge in [0, 0.05) is 36.4 Å². The molecule has 4 nitrogen and oxygen atoms in total. The zero-order chi connectivity index (χ0) is 18.1. The monoisotopic (exact) mass is 344 g/mol. The van der Waals surface area contributed by atoms with Crippen molar-refractivity contribution >= 4 is 16.8 Å². The van der Waals surface area contributed by atoms with E-state index >= 15 is 0 Å². The van der Waals surface area contributed by atoms with E-state index in [1.807, 2.05) is 56.6 Å². The second-order valence-electron chi connectivity index (χ2n) is 6.47. The molecule has 0 aliphatic rings. The molecule has 0 aliphatic heterocycles. The number of aromatic nitrogens is 1. The summed E-state index contributed by atoms with van der Waals surface area (Å²) in [5.74, 6) is -0.00736. The molecule has 2 aromatic heterocycles. The average Bonchev–Trinajstić information content (AvgIpc) is 3.30. The number of amides is 1. The van der Waals surface area contributed by atoms with Gasteiger partial charge in [-0.3, -0.25) is 4.79 Å². The Hall–Kier alpha value is -3.27. The summed E-state index contributed by atoms with van der Waals surface area (Å²) in [6, 6.07) is 19.9. The predicted molar refractivity (Wildman–Crippen MR) is 103 cm³/mol. The van der Waals surface area contributed by atoms with Crippen molar-refractivity contribution in [3.05, 3.63) is 84.4 Å². The number of rotatable bonds is 4. The molecule has 0 unspecified atom stereocenters. The quantitative estimate of drug-likeness (QED) is 0.538. The van der Waals surface area contributed by atoms with Crippen molar-refractivity contribution in [1.29, 1.82) is 0 Å². The zero-order valence-corrected chi connectivity index (χ0v) is 14.8. The van der Waals surface area contributed by atoms with E-state index in [9.17, 15) is 4.79 Å². The molecule has 0 saturated carbocycles. The van der Waals surface area contributed by atoms with E-state index in [4.69, 9.17) is 4.42 Å². The first-order chi connectivity index (χ1) is 12.6. The summed E-state index contributed by atoms with van der Waals surface area (Å²) in [5.41, 5.74) is 4.74. The standard InChI is InChI=1S/C22H20N2O2/c1-23(14-18-13-16-7-3-6-10-21(16)24(18)2)22(25)20-9-5-4-8-19(20)17-11-12-26-15-17/h3-13,15H,14H2,1-2H3. The van der Waals surface area contributed by atoms with E-state index in [-0.39, 0.29) is 5.91 Å². The van der Waals surface area contributed by atoms with Gasteiger partial charge in [0.25, 0.3) is 5.91 Å². The molecule has 0 radical (unpaired) electrons. The number of benzene rings is 2. The van der Waals surface area contributed by atoms with Crippen LogP contribution in [0.4, 0.5) is 0 Å². The fourth-order valence-corrected chi connectivity index (χ4v) is 3.36. The molecule has 2 heterocycles. The molecule has 4 rings (SSSR count). The van der Waals surface area contributed by atoms with Gasteiger partial charge in [0.05, 0.1) is 19.1 Å². The average molecular weight is 344 g/mol. The summed E-state index contributed by atoms with van der Waals surface area (Å²) in [4.78, 5) is 14.8. The van der Waals surface area contributed by atoms with Crippen molar-refractivity contribution in [2.75, 3.05) is 7.05 Å². The molecule has 4 heteroatoms. The number of hydrogen-bond donors (Lipinski definition) is 0. The minimum Gasteiger partial charge on any atom is -0.472 e. The van der Waals surface area contributed by atoms with Crippen molar-refractivity contribution in [3.63, 3.8) is 0 Å². The lowest BCUT2D eigenvalue weighted by Gasteiger charge is -2.19. The summed E-state index contributed by atoms with van der Waals surface area (Å²) < 4.78 is 7.32. The van der Waals surface area contributed by atoms with Crippen molar-refractivity contribution < 1.29 is 9.21 Å². The Morgan fingerprint density at radius 2 is 1.85 bits per heavy atom. The van der Waals surface area contributed by atoms with E-state index in [0.29, 0.717) is 12.1 Å². The first-order valence-electron chi connectivity index (χ1n) is 8.55. The topological polar surface area (TPSA) is 38.4 Å². The van der Waals surface area contributed by atoms with Crippen LogP contribution in [0.5, 0.6) is 0 Å². The van der Waals surface area contributed by atoms with Gasteiger partial charge >= 0.3 is 0 Å². The highest BCUT2D eigenvalue weighted by molar-refractivity contribution is 6.00. The lowest BCUT2D eigenvalue weighted by Crippen LogP contribution is -2.27. The third kappa shape index (κ3) is 2.80. The van der Waals surface area contributed by atoms with Crippen LogP contribution < -0.4 is 0 Å². The number of carbonyl (C=O) groups excluding carboxylic acids is 1. The molecule has 4 aromatic rings. The SMILES string of the molecule is CN(Cc1cc2ccccc2n1C)C(=O)c1ccccc1-c1ccoc1. The van der Waals surface area contributed by atoms with Crippen LogP contribution in [-0.4, -0.2) is 22.4 Å². The van der Waals surface area contributed by atoms with Crippen LogP contribution >= 0.6 is 0 Å². The summed E-state index contributed by atoms with van der Waals surface area (Å²) in [7, 11) is 3.88. The number of fused-ring (bicyclic) bond motifs is 1. The Bertz CT molecular complexity index is 1060. The van der Waals surface area contributed by atoms with Gasteiger partial charge in [-0.1, -0.05) is 36.4 Å². The highest BCUT2D eigenvalue weighted by Crippen LogP contribution is 2.26. The minimum atomic E-state index is -0.00736. The molecule has 130 valence electrons. The number of hydrogen-bond acceptors (Lipinski definition) is 2. The molecule has 0 N–H and O–H groups in total. The molecule has 0 saturated heterocycles. The van der Waals surface area contributed by atoms with Gasteiger partial charge in [-0.05, 0) is 35.2 Å². The third-order valence-electron chi connectivity index (χ3n) is 4.79. The van der Waals surface area contributed by atoms with Crippen LogP contribution in [0.2, 0.25) is 0 Å². The number of furan rings is 1. The predicted octanol–water partition coefficient (Wildman–Crippen LogP) is 4.71. The lowest BCUT2D eigenvalue weighted by molar-refractivity contribution is 0.0783. The highest BCUT2D eigenvalue weighted by Gasteiger charge is 2.18. The van der Waals surface area contributed by atoms with Crippen molar-refractivity contribution in [2.24, 2.45) is 7.05 Å². The van der Waals surface area contributed by atoms with Gasteiger partial charge in [0.1, 0.15) is 0 Å². The Balaban J connectivity index is 1.64. The van der Waals surface area contributed by atoms with Gasteiger partial charge in [-0.2, -0.15) is 0 Å². The van der Waals surface area contributed by atoms with Gasteiger partial charge in [0.15, 0.2) is 0 Å². The maximum atomic E-state index is 13.1. The third-order valence-corrected chi connectivity index (χ3v) is 4.79. The first kappa shape index (κ1) is 16.2. The molecule has 0 aliphatic carbocycles. The van der Waals surface area contributed by atoms with Crippen molar-refractivity contribution in [3.8, 4) is 11.1 Å². The van der Waals surface area contributed by atoms with Crippen LogP contribution in [0.15, 0.2) is 77.6 Å². The molecule has 26 heavy (non-hydrogen) atoms. The maximum Gasteiger partial charge on any atom is 0.254 e. The van der Waals surface area contributed by atoms with E-state index in [1.165, 1.54) is 10.9 Å². The second-order valence-corrected chi connectivity index (χ2v) is 6.47. The molecular formula is C22H20N2O2. The fraction of sp³-hybridized carbons (Fsp3) is 0.136. The first-order valence-corrected chi connectivity index (χ1v) is 8.55. The van der Waals surface area contributed by atoms with Crippen molar-refractivity contribution in [2.45, 2.75) is 6.54 Å². The van der Waals surface area contributed by atoms with E-state index in [2.05, 4.69) is 22.8 Å². The molecule has 0 spiro atoms. The number of aryl methyl sites for hydroxylation is 1. The summed E-state index contributed by atoms with van der Waals surface area (Å²) in [6.45, 7) is 0.545. The van der Waals surface area contributed by atoms with Crippen LogP contribution in [0.1, 0.15) is 16.1 Å². The number of nitrogens with zero attached hydrogens (tertiary/aromatic N) is 2. The second kappa shape index (κ2) is 6.56. The van der Waals surface area contributed by atoms with E-state index in [0.717, 1.165) is 16.8 Å². The molecule has 0 fully saturated rings.